The van der Waals surface area contributed by atoms with E-state index in [0.29, 0.717) is 6.54 Å². The van der Waals surface area contributed by atoms with Crippen LogP contribution in [0.5, 0.6) is 0 Å². The van der Waals surface area contributed by atoms with Gasteiger partial charge in [0.25, 0.3) is 0 Å². The standard InChI is InChI=1S/C21H24N4/c1-3-9-17(10-4-1)13-16-22-25-20-21(14-7-2-8-15-21)24-19-12-6-5-11-18(19)23-20/h1,3-6,9-12,24H,2,7-8,13-16H2. The zero-order chi connectivity index (χ0) is 17.0. The molecule has 0 radical (unpaired) electrons. The van der Waals surface area contributed by atoms with Gasteiger partial charge in [0.05, 0.1) is 23.5 Å². The van der Waals surface area contributed by atoms with Crippen LogP contribution in [0.25, 0.3) is 0 Å². The number of rotatable bonds is 3. The summed E-state index contributed by atoms with van der Waals surface area (Å²) in [6.45, 7) is 0.695. The second-order valence-electron chi connectivity index (χ2n) is 6.92. The maximum Gasteiger partial charge on any atom is 0.176 e. The highest BCUT2D eigenvalue weighted by atomic mass is 15.2. The lowest BCUT2D eigenvalue weighted by Gasteiger charge is -2.40. The zero-order valence-electron chi connectivity index (χ0n) is 14.5. The van der Waals surface area contributed by atoms with E-state index in [4.69, 9.17) is 4.99 Å². The van der Waals surface area contributed by atoms with Gasteiger partial charge in [-0.05, 0) is 37.0 Å². The maximum absolute atomic E-state index is 4.86. The average molecular weight is 332 g/mol. The van der Waals surface area contributed by atoms with Gasteiger partial charge < -0.3 is 5.32 Å². The third kappa shape index (κ3) is 3.48. The molecule has 1 saturated carbocycles. The topological polar surface area (TPSA) is 49.1 Å². The van der Waals surface area contributed by atoms with Crippen molar-refractivity contribution in [2.24, 2.45) is 15.2 Å². The highest BCUT2D eigenvalue weighted by Crippen LogP contribution is 2.41. The molecule has 0 saturated heterocycles. The number of benzene rings is 2. The normalized spacial score (nSPS) is 18.6. The molecule has 25 heavy (non-hydrogen) atoms. The van der Waals surface area contributed by atoms with Gasteiger partial charge in [-0.3, -0.25) is 0 Å². The molecule has 1 aliphatic carbocycles. The molecule has 0 unspecified atom stereocenters. The highest BCUT2D eigenvalue weighted by molar-refractivity contribution is 6.00. The van der Waals surface area contributed by atoms with Crippen LogP contribution in [-0.4, -0.2) is 17.9 Å². The molecule has 1 spiro atoms. The molecule has 2 aromatic carbocycles. The van der Waals surface area contributed by atoms with Crippen LogP contribution < -0.4 is 5.32 Å². The molecular formula is C21H24N4. The van der Waals surface area contributed by atoms with Crippen molar-refractivity contribution in [1.82, 2.24) is 0 Å². The Morgan fingerprint density at radius 3 is 2.52 bits per heavy atom. The van der Waals surface area contributed by atoms with Gasteiger partial charge in [-0.15, -0.1) is 5.11 Å². The van der Waals surface area contributed by atoms with E-state index < -0.39 is 0 Å². The van der Waals surface area contributed by atoms with Crippen LogP contribution in [0.15, 0.2) is 69.8 Å². The van der Waals surface area contributed by atoms with Crippen molar-refractivity contribution >= 4 is 17.2 Å². The van der Waals surface area contributed by atoms with Gasteiger partial charge in [-0.1, -0.05) is 61.7 Å². The number of para-hydroxylation sites is 2. The summed E-state index contributed by atoms with van der Waals surface area (Å²) in [5.74, 6) is 0.860. The van der Waals surface area contributed by atoms with E-state index in [1.165, 1.54) is 24.8 Å². The van der Waals surface area contributed by atoms with Crippen LogP contribution in [0.3, 0.4) is 0 Å². The second-order valence-corrected chi connectivity index (χ2v) is 6.92. The Morgan fingerprint density at radius 1 is 0.920 bits per heavy atom. The third-order valence-electron chi connectivity index (χ3n) is 5.15. The van der Waals surface area contributed by atoms with Crippen LogP contribution in [-0.2, 0) is 6.42 Å². The zero-order valence-corrected chi connectivity index (χ0v) is 14.5. The lowest BCUT2D eigenvalue weighted by molar-refractivity contribution is 0.401. The fourth-order valence-corrected chi connectivity index (χ4v) is 3.77. The minimum atomic E-state index is -0.136. The van der Waals surface area contributed by atoms with Gasteiger partial charge in [0.1, 0.15) is 0 Å². The minimum absolute atomic E-state index is 0.136. The number of nitrogens with zero attached hydrogens (tertiary/aromatic N) is 3. The molecule has 0 aromatic heterocycles. The molecule has 128 valence electrons. The molecule has 0 amide bonds. The number of nitrogens with one attached hydrogen (secondary N) is 1. The van der Waals surface area contributed by atoms with E-state index in [1.807, 2.05) is 18.2 Å². The molecule has 4 rings (SSSR count). The van der Waals surface area contributed by atoms with Crippen LogP contribution in [0.2, 0.25) is 0 Å². The fourth-order valence-electron chi connectivity index (χ4n) is 3.77. The molecule has 4 nitrogen and oxygen atoms in total. The molecular weight excluding hydrogens is 308 g/mol. The van der Waals surface area contributed by atoms with Crippen molar-refractivity contribution in [1.29, 1.82) is 0 Å². The number of azo groups is 1. The van der Waals surface area contributed by atoms with Gasteiger partial charge in [0.2, 0.25) is 0 Å². The predicted molar refractivity (Wildman–Crippen MR) is 103 cm³/mol. The van der Waals surface area contributed by atoms with Gasteiger partial charge in [-0.25, -0.2) is 4.99 Å². The van der Waals surface area contributed by atoms with E-state index in [9.17, 15) is 0 Å². The van der Waals surface area contributed by atoms with Crippen molar-refractivity contribution in [2.75, 3.05) is 11.9 Å². The first-order valence-electron chi connectivity index (χ1n) is 9.24. The Hall–Kier alpha value is -2.49. The van der Waals surface area contributed by atoms with E-state index in [0.717, 1.165) is 36.5 Å². The molecule has 2 aromatic rings. The van der Waals surface area contributed by atoms with Gasteiger partial charge >= 0.3 is 0 Å². The summed E-state index contributed by atoms with van der Waals surface area (Å²) in [5, 5.41) is 12.8. The minimum Gasteiger partial charge on any atom is -0.371 e. The van der Waals surface area contributed by atoms with E-state index in [2.05, 4.69) is 51.9 Å². The maximum atomic E-state index is 4.86. The van der Waals surface area contributed by atoms with E-state index in [-0.39, 0.29) is 5.54 Å². The number of amidine groups is 1. The molecule has 4 heteroatoms. The van der Waals surface area contributed by atoms with Crippen LogP contribution in [0, 0.1) is 0 Å². The molecule has 1 fully saturated rings. The van der Waals surface area contributed by atoms with Gasteiger partial charge in [-0.2, -0.15) is 5.11 Å². The smallest absolute Gasteiger partial charge is 0.176 e. The van der Waals surface area contributed by atoms with Crippen molar-refractivity contribution in [3.8, 4) is 0 Å². The van der Waals surface area contributed by atoms with Gasteiger partial charge in [0, 0.05) is 0 Å². The molecule has 0 bridgehead atoms. The summed E-state index contributed by atoms with van der Waals surface area (Å²) in [5.41, 5.74) is 3.24. The van der Waals surface area contributed by atoms with Crippen molar-refractivity contribution in [3.05, 3.63) is 60.2 Å². The third-order valence-corrected chi connectivity index (χ3v) is 5.15. The molecule has 2 aliphatic rings. The number of hydrogen-bond acceptors (Lipinski definition) is 4. The lowest BCUT2D eigenvalue weighted by Crippen LogP contribution is -2.48. The number of aliphatic imine (C=N–C) groups is 1. The predicted octanol–water partition coefficient (Wildman–Crippen LogP) is 5.54. The van der Waals surface area contributed by atoms with Crippen LogP contribution in [0.1, 0.15) is 37.7 Å². The Labute approximate surface area is 149 Å². The quantitative estimate of drug-likeness (QED) is 0.737. The summed E-state index contributed by atoms with van der Waals surface area (Å²) in [7, 11) is 0. The summed E-state index contributed by atoms with van der Waals surface area (Å²) < 4.78 is 0. The van der Waals surface area contributed by atoms with Crippen molar-refractivity contribution in [2.45, 2.75) is 44.1 Å². The summed E-state index contributed by atoms with van der Waals surface area (Å²) in [6, 6.07) is 18.7. The van der Waals surface area contributed by atoms with Crippen LogP contribution in [0.4, 0.5) is 11.4 Å². The molecule has 1 heterocycles. The monoisotopic (exact) mass is 332 g/mol. The number of fused-ring (bicyclic) bond motifs is 1. The Morgan fingerprint density at radius 2 is 1.68 bits per heavy atom. The highest BCUT2D eigenvalue weighted by Gasteiger charge is 2.40. The van der Waals surface area contributed by atoms with Crippen molar-refractivity contribution in [3.63, 3.8) is 0 Å². The second kappa shape index (κ2) is 7.18. The lowest BCUT2D eigenvalue weighted by atomic mass is 9.79. The van der Waals surface area contributed by atoms with Crippen LogP contribution >= 0.6 is 0 Å². The van der Waals surface area contributed by atoms with Gasteiger partial charge in [0.15, 0.2) is 5.84 Å². The SMILES string of the molecule is c1ccc(CCN=NC2=Nc3ccccc3NC23CCCCC3)cc1. The number of anilines is 1. The Kier molecular flexibility index (Phi) is 4.59. The fraction of sp³-hybridized carbons (Fsp3) is 0.381. The number of hydrogen-bond donors (Lipinski definition) is 1. The summed E-state index contributed by atoms with van der Waals surface area (Å²) in [6.07, 6.45) is 6.80. The first-order chi connectivity index (χ1) is 12.4. The molecule has 1 N–H and O–H groups in total. The molecule has 0 atom stereocenters. The average Bonchev–Trinajstić information content (AvgIpc) is 2.67. The first-order valence-corrected chi connectivity index (χ1v) is 9.24. The van der Waals surface area contributed by atoms with Crippen molar-refractivity contribution < 1.29 is 0 Å². The first kappa shape index (κ1) is 16.0. The Balaban J connectivity index is 1.54. The largest absolute Gasteiger partial charge is 0.371 e. The van der Waals surface area contributed by atoms with E-state index >= 15 is 0 Å². The summed E-state index contributed by atoms with van der Waals surface area (Å²) in [4.78, 5) is 4.86. The van der Waals surface area contributed by atoms with E-state index in [1.54, 1.807) is 0 Å². The Bertz CT molecular complexity index is 773. The molecule has 1 aliphatic heterocycles. The summed E-state index contributed by atoms with van der Waals surface area (Å²) >= 11 is 0.